The average Bonchev–Trinajstić information content (AvgIpc) is 2.72. The maximum Gasteiger partial charge on any atom is 0.247 e. The lowest BCUT2D eigenvalue weighted by Crippen LogP contribution is -2.70. The minimum Gasteiger partial charge on any atom is -0.350 e. The van der Waals surface area contributed by atoms with Crippen LogP contribution in [0.4, 0.5) is 5.69 Å². The quantitative estimate of drug-likeness (QED) is 0.742. The summed E-state index contributed by atoms with van der Waals surface area (Å²) in [6.45, 7) is 5.50. The zero-order valence-corrected chi connectivity index (χ0v) is 19.2. The molecule has 2 aromatic carbocycles. The van der Waals surface area contributed by atoms with Crippen LogP contribution in [0.3, 0.4) is 0 Å². The molecular formula is C23H29N3O4S. The molecule has 1 fully saturated rings. The molecule has 1 aliphatic rings. The van der Waals surface area contributed by atoms with Gasteiger partial charge >= 0.3 is 0 Å². The first-order chi connectivity index (χ1) is 14.5. The average molecular weight is 444 g/mol. The van der Waals surface area contributed by atoms with E-state index in [-0.39, 0.29) is 19.6 Å². The number of hydrogen-bond donors (Lipinski definition) is 1. The maximum absolute atomic E-state index is 13.4. The number of amides is 2. The molecule has 7 nitrogen and oxygen atoms in total. The molecule has 3 rings (SSSR count). The third-order valence-corrected chi connectivity index (χ3v) is 6.87. The molecule has 0 bridgehead atoms. The summed E-state index contributed by atoms with van der Waals surface area (Å²) >= 11 is 0. The van der Waals surface area contributed by atoms with Gasteiger partial charge in [0.1, 0.15) is 5.54 Å². The van der Waals surface area contributed by atoms with E-state index in [9.17, 15) is 18.0 Å². The monoisotopic (exact) mass is 443 g/mol. The van der Waals surface area contributed by atoms with Crippen LogP contribution in [0.5, 0.6) is 0 Å². The summed E-state index contributed by atoms with van der Waals surface area (Å²) in [6.07, 6.45) is 1.90. The molecular weight excluding hydrogens is 414 g/mol. The Morgan fingerprint density at radius 3 is 2.19 bits per heavy atom. The van der Waals surface area contributed by atoms with Gasteiger partial charge in [-0.1, -0.05) is 48.9 Å². The van der Waals surface area contributed by atoms with Crippen LogP contribution >= 0.6 is 0 Å². The largest absolute Gasteiger partial charge is 0.350 e. The lowest BCUT2D eigenvalue weighted by Gasteiger charge is -2.46. The second-order valence-corrected chi connectivity index (χ2v) is 10.2. The number of hydrogen-bond acceptors (Lipinski definition) is 4. The minimum absolute atomic E-state index is 0.118. The fourth-order valence-corrected chi connectivity index (χ4v) is 4.59. The number of sulfonamides is 1. The molecule has 1 saturated heterocycles. The van der Waals surface area contributed by atoms with E-state index in [1.54, 1.807) is 19.1 Å². The van der Waals surface area contributed by atoms with Gasteiger partial charge in [-0.05, 0) is 43.5 Å². The molecule has 0 saturated carbocycles. The molecule has 0 unspecified atom stereocenters. The van der Waals surface area contributed by atoms with Crippen LogP contribution in [0.1, 0.15) is 30.5 Å². The lowest BCUT2D eigenvalue weighted by atomic mass is 9.94. The fraction of sp³-hybridized carbons (Fsp3) is 0.391. The maximum atomic E-state index is 13.4. The molecule has 31 heavy (non-hydrogen) atoms. The van der Waals surface area contributed by atoms with Crippen molar-refractivity contribution in [2.75, 3.05) is 24.2 Å². The van der Waals surface area contributed by atoms with Gasteiger partial charge < -0.3 is 5.32 Å². The summed E-state index contributed by atoms with van der Waals surface area (Å²) in [5.74, 6) is -0.844. The van der Waals surface area contributed by atoms with E-state index in [0.717, 1.165) is 33.7 Å². The third kappa shape index (κ3) is 4.97. The second-order valence-electron chi connectivity index (χ2n) is 8.22. The van der Waals surface area contributed by atoms with Crippen LogP contribution in [-0.2, 0) is 32.6 Å². The summed E-state index contributed by atoms with van der Waals surface area (Å²) in [5.41, 5.74) is 2.32. The van der Waals surface area contributed by atoms with E-state index in [1.165, 1.54) is 4.90 Å². The summed E-state index contributed by atoms with van der Waals surface area (Å²) in [6, 6.07) is 15.2. The van der Waals surface area contributed by atoms with Crippen molar-refractivity contribution in [1.29, 1.82) is 0 Å². The molecule has 0 spiro atoms. The Morgan fingerprint density at radius 2 is 1.65 bits per heavy atom. The molecule has 1 heterocycles. The van der Waals surface area contributed by atoms with Gasteiger partial charge in [-0.25, -0.2) is 8.42 Å². The van der Waals surface area contributed by atoms with Crippen molar-refractivity contribution < 1.29 is 18.0 Å². The van der Waals surface area contributed by atoms with Gasteiger partial charge in [0.05, 0.1) is 12.8 Å². The number of carbonyl (C=O) groups excluding carboxylic acids is 2. The number of nitrogens with one attached hydrogen (secondary N) is 1. The highest BCUT2D eigenvalue weighted by Crippen LogP contribution is 2.31. The van der Waals surface area contributed by atoms with Gasteiger partial charge in [-0.3, -0.25) is 14.5 Å². The van der Waals surface area contributed by atoms with Crippen molar-refractivity contribution in [1.82, 2.24) is 9.62 Å². The number of aryl methyl sites for hydroxylation is 2. The van der Waals surface area contributed by atoms with Crippen LogP contribution in [0.25, 0.3) is 0 Å². The van der Waals surface area contributed by atoms with E-state index >= 15 is 0 Å². The first-order valence-corrected chi connectivity index (χ1v) is 12.1. The first-order valence-electron chi connectivity index (χ1n) is 10.3. The van der Waals surface area contributed by atoms with Gasteiger partial charge in [0, 0.05) is 18.8 Å². The van der Waals surface area contributed by atoms with E-state index in [4.69, 9.17) is 0 Å². The Bertz CT molecular complexity index is 1070. The molecule has 2 amide bonds. The van der Waals surface area contributed by atoms with Crippen molar-refractivity contribution in [3.63, 3.8) is 0 Å². The number of benzene rings is 2. The van der Waals surface area contributed by atoms with Gasteiger partial charge in [0.25, 0.3) is 0 Å². The molecule has 0 aromatic heterocycles. The van der Waals surface area contributed by atoms with Crippen molar-refractivity contribution in [3.05, 3.63) is 65.2 Å². The zero-order chi connectivity index (χ0) is 22.8. The molecule has 1 atom stereocenters. The Hall–Kier alpha value is -2.71. The molecule has 0 aliphatic carbocycles. The number of piperazine rings is 1. The van der Waals surface area contributed by atoms with Gasteiger partial charge in [0.2, 0.25) is 21.8 Å². The highest BCUT2D eigenvalue weighted by Gasteiger charge is 2.50. The van der Waals surface area contributed by atoms with Crippen LogP contribution in [0.15, 0.2) is 48.5 Å². The zero-order valence-electron chi connectivity index (χ0n) is 18.4. The van der Waals surface area contributed by atoms with Crippen LogP contribution < -0.4 is 10.2 Å². The highest BCUT2D eigenvalue weighted by atomic mass is 32.2. The predicted molar refractivity (Wildman–Crippen MR) is 121 cm³/mol. The van der Waals surface area contributed by atoms with E-state index < -0.39 is 27.4 Å². The van der Waals surface area contributed by atoms with Crippen LogP contribution in [0, 0.1) is 6.92 Å². The van der Waals surface area contributed by atoms with Crippen molar-refractivity contribution in [3.8, 4) is 0 Å². The molecule has 0 radical (unpaired) electrons. The topological polar surface area (TPSA) is 86.8 Å². The normalized spacial score (nSPS) is 20.0. The fourth-order valence-electron chi connectivity index (χ4n) is 3.76. The van der Waals surface area contributed by atoms with Crippen molar-refractivity contribution in [2.24, 2.45) is 0 Å². The number of carbonyl (C=O) groups is 2. The number of rotatable bonds is 6. The Balaban J connectivity index is 1.93. The smallest absolute Gasteiger partial charge is 0.247 e. The van der Waals surface area contributed by atoms with Gasteiger partial charge in [0.15, 0.2) is 0 Å². The Kier molecular flexibility index (Phi) is 6.52. The van der Waals surface area contributed by atoms with E-state index in [0.29, 0.717) is 5.69 Å². The van der Waals surface area contributed by atoms with Crippen LogP contribution in [0.2, 0.25) is 0 Å². The van der Waals surface area contributed by atoms with Gasteiger partial charge in [-0.15, -0.1) is 0 Å². The number of anilines is 1. The summed E-state index contributed by atoms with van der Waals surface area (Å²) in [5, 5.41) is 2.89. The molecule has 1 N–H and O–H groups in total. The molecule has 166 valence electrons. The van der Waals surface area contributed by atoms with Gasteiger partial charge in [-0.2, -0.15) is 4.31 Å². The van der Waals surface area contributed by atoms with E-state index in [2.05, 4.69) is 5.32 Å². The third-order valence-electron chi connectivity index (χ3n) is 5.67. The minimum atomic E-state index is -3.65. The summed E-state index contributed by atoms with van der Waals surface area (Å²) in [7, 11) is -3.65. The van der Waals surface area contributed by atoms with Crippen molar-refractivity contribution in [2.45, 2.75) is 39.3 Å². The van der Waals surface area contributed by atoms with Crippen molar-refractivity contribution >= 4 is 27.5 Å². The van der Waals surface area contributed by atoms with E-state index in [1.807, 2.05) is 50.2 Å². The molecule has 8 heteroatoms. The Labute approximate surface area is 184 Å². The second kappa shape index (κ2) is 8.80. The predicted octanol–water partition coefficient (Wildman–Crippen LogP) is 2.24. The molecule has 2 aromatic rings. The SMILES string of the molecule is CCc1ccc(N2C(=O)CN(S(C)(=O)=O)C[C@@]2(C)C(=O)NCc2ccc(C)cc2)cc1. The lowest BCUT2D eigenvalue weighted by molar-refractivity contribution is -0.133. The first kappa shape index (κ1) is 23.0. The highest BCUT2D eigenvalue weighted by molar-refractivity contribution is 7.88. The summed E-state index contributed by atoms with van der Waals surface area (Å²) in [4.78, 5) is 27.9. The molecule has 1 aliphatic heterocycles. The summed E-state index contributed by atoms with van der Waals surface area (Å²) < 4.78 is 25.5. The van der Waals surface area contributed by atoms with Crippen LogP contribution in [-0.4, -0.2) is 49.4 Å². The standard InChI is InChI=1S/C23H29N3O4S/c1-5-18-10-12-20(13-11-18)26-21(27)15-25(31(4,29)30)16-23(26,3)22(28)24-14-19-8-6-17(2)7-9-19/h6-13H,5,14-16H2,1-4H3,(H,24,28)/t23-/m0/s1. The number of nitrogens with zero attached hydrogens (tertiary/aromatic N) is 2. The Morgan fingerprint density at radius 1 is 1.06 bits per heavy atom.